The minimum Gasteiger partial charge on any atom is -0.481 e. The molecule has 2 unspecified atom stereocenters. The number of aliphatic carboxylic acids is 1. The molecule has 0 spiro atoms. The van der Waals surface area contributed by atoms with Gasteiger partial charge in [-0.05, 0) is 43.4 Å². The van der Waals surface area contributed by atoms with Crippen LogP contribution in [-0.2, 0) is 17.6 Å². The largest absolute Gasteiger partial charge is 0.481 e. The minimum atomic E-state index is -0.631. The summed E-state index contributed by atoms with van der Waals surface area (Å²) >= 11 is 0. The summed E-state index contributed by atoms with van der Waals surface area (Å²) in [4.78, 5) is 13.4. The summed E-state index contributed by atoms with van der Waals surface area (Å²) in [7, 11) is 0. The maximum absolute atomic E-state index is 11.0. The third-order valence-corrected chi connectivity index (χ3v) is 4.41. The van der Waals surface area contributed by atoms with E-state index in [1.165, 1.54) is 17.5 Å². The Balaban J connectivity index is 1.68. The Hall–Kier alpha value is -1.35. The zero-order valence-corrected chi connectivity index (χ0v) is 10.5. The fraction of sp³-hybridized carbons (Fsp3) is 0.533. The Morgan fingerprint density at radius 1 is 1.22 bits per heavy atom. The van der Waals surface area contributed by atoms with Crippen molar-refractivity contribution in [2.75, 3.05) is 13.1 Å². The van der Waals surface area contributed by atoms with Gasteiger partial charge in [-0.3, -0.25) is 9.69 Å². The molecule has 0 aromatic heterocycles. The number of aryl methyl sites for hydroxylation is 1. The second-order valence-corrected chi connectivity index (χ2v) is 5.48. The molecule has 2 aliphatic rings. The van der Waals surface area contributed by atoms with Crippen LogP contribution in [0.1, 0.15) is 24.0 Å². The number of likely N-dealkylation sites (tertiary alicyclic amines) is 1. The van der Waals surface area contributed by atoms with Gasteiger partial charge in [-0.25, -0.2) is 0 Å². The molecule has 1 fully saturated rings. The minimum absolute atomic E-state index is 0.151. The number of rotatable bonds is 2. The summed E-state index contributed by atoms with van der Waals surface area (Å²) in [6.45, 7) is 1.69. The van der Waals surface area contributed by atoms with E-state index in [0.717, 1.165) is 32.4 Å². The number of carbonyl (C=O) groups is 1. The van der Waals surface area contributed by atoms with Crippen LogP contribution >= 0.6 is 0 Å². The predicted molar refractivity (Wildman–Crippen MR) is 69.6 cm³/mol. The van der Waals surface area contributed by atoms with Crippen LogP contribution < -0.4 is 0 Å². The van der Waals surface area contributed by atoms with Crippen LogP contribution in [0.5, 0.6) is 0 Å². The SMILES string of the molecule is O=C(O)C1CCN(C2CCc3ccccc3C2)C1. The molecule has 0 saturated carbocycles. The second-order valence-electron chi connectivity index (χ2n) is 5.48. The number of nitrogens with zero attached hydrogens (tertiary/aromatic N) is 1. The molecule has 0 amide bonds. The molecule has 1 aliphatic heterocycles. The summed E-state index contributed by atoms with van der Waals surface area (Å²) < 4.78 is 0. The molecule has 3 rings (SSSR count). The zero-order valence-electron chi connectivity index (χ0n) is 10.5. The van der Waals surface area contributed by atoms with Crippen molar-refractivity contribution in [3.63, 3.8) is 0 Å². The van der Waals surface area contributed by atoms with Crippen LogP contribution in [0.25, 0.3) is 0 Å². The first-order chi connectivity index (χ1) is 8.74. The highest BCUT2D eigenvalue weighted by atomic mass is 16.4. The summed E-state index contributed by atoms with van der Waals surface area (Å²) in [5, 5.41) is 9.06. The lowest BCUT2D eigenvalue weighted by Gasteiger charge is -2.32. The highest BCUT2D eigenvalue weighted by Gasteiger charge is 2.33. The monoisotopic (exact) mass is 245 g/mol. The molecule has 1 aromatic rings. The first-order valence-electron chi connectivity index (χ1n) is 6.77. The van der Waals surface area contributed by atoms with Crippen molar-refractivity contribution in [2.45, 2.75) is 31.7 Å². The van der Waals surface area contributed by atoms with Gasteiger partial charge in [0.25, 0.3) is 0 Å². The highest BCUT2D eigenvalue weighted by molar-refractivity contribution is 5.70. The van der Waals surface area contributed by atoms with Crippen LogP contribution in [0.15, 0.2) is 24.3 Å². The lowest BCUT2D eigenvalue weighted by molar-refractivity contribution is -0.141. The average Bonchev–Trinajstić information content (AvgIpc) is 2.88. The van der Waals surface area contributed by atoms with Crippen LogP contribution in [0.3, 0.4) is 0 Å². The number of hydrogen-bond acceptors (Lipinski definition) is 2. The van der Waals surface area contributed by atoms with E-state index < -0.39 is 5.97 Å². The lowest BCUT2D eigenvalue weighted by atomic mass is 9.87. The Kier molecular flexibility index (Phi) is 3.08. The first kappa shape index (κ1) is 11.7. The van der Waals surface area contributed by atoms with Crippen LogP contribution in [0.4, 0.5) is 0 Å². The van der Waals surface area contributed by atoms with Crippen LogP contribution in [-0.4, -0.2) is 35.1 Å². The molecule has 96 valence electrons. The van der Waals surface area contributed by atoms with Crippen molar-refractivity contribution in [3.8, 4) is 0 Å². The average molecular weight is 245 g/mol. The van der Waals surface area contributed by atoms with Gasteiger partial charge in [0.1, 0.15) is 0 Å². The van der Waals surface area contributed by atoms with Crippen molar-refractivity contribution in [3.05, 3.63) is 35.4 Å². The highest BCUT2D eigenvalue weighted by Crippen LogP contribution is 2.28. The van der Waals surface area contributed by atoms with E-state index in [2.05, 4.69) is 29.2 Å². The van der Waals surface area contributed by atoms with Crippen LogP contribution in [0, 0.1) is 5.92 Å². The van der Waals surface area contributed by atoms with Gasteiger partial charge in [-0.1, -0.05) is 24.3 Å². The number of carboxylic acid groups (broad SMARTS) is 1. The van der Waals surface area contributed by atoms with Gasteiger partial charge >= 0.3 is 5.97 Å². The standard InChI is InChI=1S/C15H19NO2/c17-15(18)13-7-8-16(10-13)14-6-5-11-3-1-2-4-12(11)9-14/h1-4,13-14H,5-10H2,(H,17,18). The number of fused-ring (bicyclic) bond motifs is 1. The molecular formula is C15H19NO2. The van der Waals surface area contributed by atoms with E-state index in [1.54, 1.807) is 0 Å². The third-order valence-electron chi connectivity index (χ3n) is 4.41. The molecular weight excluding hydrogens is 226 g/mol. The Morgan fingerprint density at radius 2 is 2.00 bits per heavy atom. The Bertz CT molecular complexity index is 458. The quantitative estimate of drug-likeness (QED) is 0.865. The second kappa shape index (κ2) is 4.73. The summed E-state index contributed by atoms with van der Waals surface area (Å²) in [5.41, 5.74) is 2.93. The van der Waals surface area contributed by atoms with E-state index in [1.807, 2.05) is 0 Å². The van der Waals surface area contributed by atoms with Crippen molar-refractivity contribution in [2.24, 2.45) is 5.92 Å². The molecule has 1 heterocycles. The van der Waals surface area contributed by atoms with E-state index in [0.29, 0.717) is 6.04 Å². The summed E-state index contributed by atoms with van der Waals surface area (Å²) in [5.74, 6) is -0.782. The molecule has 0 bridgehead atoms. The molecule has 0 radical (unpaired) electrons. The fourth-order valence-corrected chi connectivity index (χ4v) is 3.31. The molecule has 3 nitrogen and oxygen atoms in total. The smallest absolute Gasteiger partial charge is 0.307 e. The molecule has 1 N–H and O–H groups in total. The van der Waals surface area contributed by atoms with Gasteiger partial charge in [0.15, 0.2) is 0 Å². The Morgan fingerprint density at radius 3 is 2.72 bits per heavy atom. The van der Waals surface area contributed by atoms with Crippen molar-refractivity contribution in [1.29, 1.82) is 0 Å². The zero-order chi connectivity index (χ0) is 12.5. The summed E-state index contributed by atoms with van der Waals surface area (Å²) in [6, 6.07) is 9.19. The van der Waals surface area contributed by atoms with E-state index in [-0.39, 0.29) is 5.92 Å². The van der Waals surface area contributed by atoms with Crippen molar-refractivity contribution < 1.29 is 9.90 Å². The van der Waals surface area contributed by atoms with Crippen molar-refractivity contribution >= 4 is 5.97 Å². The number of carboxylic acids is 1. The third kappa shape index (κ3) is 2.15. The normalized spacial score (nSPS) is 28.0. The summed E-state index contributed by atoms with van der Waals surface area (Å²) in [6.07, 6.45) is 4.20. The van der Waals surface area contributed by atoms with E-state index in [4.69, 9.17) is 5.11 Å². The maximum atomic E-state index is 11.0. The molecule has 1 saturated heterocycles. The van der Waals surface area contributed by atoms with Crippen LogP contribution in [0.2, 0.25) is 0 Å². The maximum Gasteiger partial charge on any atom is 0.307 e. The lowest BCUT2D eigenvalue weighted by Crippen LogP contribution is -2.38. The number of hydrogen-bond donors (Lipinski definition) is 1. The van der Waals surface area contributed by atoms with Gasteiger partial charge in [-0.2, -0.15) is 0 Å². The molecule has 2 atom stereocenters. The first-order valence-corrected chi connectivity index (χ1v) is 6.77. The van der Waals surface area contributed by atoms with Gasteiger partial charge in [0.2, 0.25) is 0 Å². The van der Waals surface area contributed by atoms with Gasteiger partial charge in [0.05, 0.1) is 5.92 Å². The van der Waals surface area contributed by atoms with Gasteiger partial charge < -0.3 is 5.11 Å². The predicted octanol–water partition coefficient (Wildman–Crippen LogP) is 1.95. The topological polar surface area (TPSA) is 40.5 Å². The molecule has 1 aliphatic carbocycles. The fourth-order valence-electron chi connectivity index (χ4n) is 3.31. The van der Waals surface area contributed by atoms with Gasteiger partial charge in [-0.15, -0.1) is 0 Å². The molecule has 18 heavy (non-hydrogen) atoms. The number of benzene rings is 1. The van der Waals surface area contributed by atoms with Gasteiger partial charge in [0, 0.05) is 12.6 Å². The molecule has 1 aromatic carbocycles. The van der Waals surface area contributed by atoms with E-state index in [9.17, 15) is 4.79 Å². The van der Waals surface area contributed by atoms with Crippen molar-refractivity contribution in [1.82, 2.24) is 4.90 Å². The van der Waals surface area contributed by atoms with E-state index >= 15 is 0 Å². The Labute approximate surface area is 107 Å². The molecule has 3 heteroatoms.